The van der Waals surface area contributed by atoms with Gasteiger partial charge in [0, 0.05) is 26.3 Å². The van der Waals surface area contributed by atoms with Crippen molar-refractivity contribution in [3.05, 3.63) is 54.0 Å². The van der Waals surface area contributed by atoms with Crippen LogP contribution in [0.3, 0.4) is 0 Å². The first-order valence-corrected chi connectivity index (χ1v) is 7.51. The zero-order valence-electron chi connectivity index (χ0n) is 13.7. The van der Waals surface area contributed by atoms with Gasteiger partial charge in [-0.25, -0.2) is 0 Å². The normalized spacial score (nSPS) is 11.6. The van der Waals surface area contributed by atoms with E-state index in [9.17, 15) is 14.7 Å². The lowest BCUT2D eigenvalue weighted by Crippen LogP contribution is -2.41. The summed E-state index contributed by atoms with van der Waals surface area (Å²) < 4.78 is 5.06. The van der Waals surface area contributed by atoms with Crippen LogP contribution >= 0.6 is 0 Å². The lowest BCUT2D eigenvalue weighted by molar-refractivity contribution is -0.139. The number of hydrogen-bond donors (Lipinski definition) is 3. The van der Waals surface area contributed by atoms with Gasteiger partial charge in [-0.1, -0.05) is 12.1 Å². The highest BCUT2D eigenvalue weighted by molar-refractivity contribution is 6.35. The standard InChI is InChI=1S/C17H21N3O4/c1-20(2)13-7-5-12(6-8-13)15(21)11-19-17(23)16(22)18-10-14-4-3-9-24-14/h3-9,15,21H,10-11H2,1-2H3,(H,18,22)(H,19,23)/t15-/m1/s1. The van der Waals surface area contributed by atoms with Crippen LogP contribution in [0.2, 0.25) is 0 Å². The van der Waals surface area contributed by atoms with Crippen molar-refractivity contribution in [1.82, 2.24) is 10.6 Å². The predicted molar refractivity (Wildman–Crippen MR) is 89.3 cm³/mol. The molecule has 24 heavy (non-hydrogen) atoms. The van der Waals surface area contributed by atoms with Gasteiger partial charge in [0.15, 0.2) is 0 Å². The van der Waals surface area contributed by atoms with E-state index in [1.54, 1.807) is 24.3 Å². The molecule has 0 saturated carbocycles. The Morgan fingerprint density at radius 3 is 2.38 bits per heavy atom. The van der Waals surface area contributed by atoms with E-state index in [-0.39, 0.29) is 13.1 Å². The molecule has 0 aliphatic rings. The smallest absolute Gasteiger partial charge is 0.309 e. The Morgan fingerprint density at radius 1 is 1.12 bits per heavy atom. The van der Waals surface area contributed by atoms with Gasteiger partial charge in [-0.15, -0.1) is 0 Å². The Labute approximate surface area is 140 Å². The summed E-state index contributed by atoms with van der Waals surface area (Å²) >= 11 is 0. The Hall–Kier alpha value is -2.80. The average molecular weight is 331 g/mol. The van der Waals surface area contributed by atoms with Crippen LogP contribution in [0.1, 0.15) is 17.4 Å². The van der Waals surface area contributed by atoms with E-state index in [0.29, 0.717) is 11.3 Å². The number of furan rings is 1. The van der Waals surface area contributed by atoms with Crippen molar-refractivity contribution in [2.45, 2.75) is 12.6 Å². The number of amides is 2. The molecule has 2 rings (SSSR count). The molecular weight excluding hydrogens is 310 g/mol. The second-order valence-corrected chi connectivity index (χ2v) is 5.47. The molecule has 1 aromatic carbocycles. The maximum absolute atomic E-state index is 11.7. The minimum absolute atomic E-state index is 0.0473. The molecule has 3 N–H and O–H groups in total. The first-order chi connectivity index (χ1) is 11.5. The fourth-order valence-corrected chi connectivity index (χ4v) is 2.04. The summed E-state index contributed by atoms with van der Waals surface area (Å²) in [6.45, 7) is 0.0854. The molecule has 1 aromatic heterocycles. The number of carbonyl (C=O) groups excluding carboxylic acids is 2. The van der Waals surface area contributed by atoms with Crippen LogP contribution in [0.5, 0.6) is 0 Å². The SMILES string of the molecule is CN(C)c1ccc([C@H](O)CNC(=O)C(=O)NCc2ccco2)cc1. The van der Waals surface area contributed by atoms with E-state index in [1.807, 2.05) is 31.1 Å². The number of carbonyl (C=O) groups is 2. The lowest BCUT2D eigenvalue weighted by atomic mass is 10.1. The number of benzene rings is 1. The second kappa shape index (κ2) is 8.16. The predicted octanol–water partition coefficient (Wildman–Crippen LogP) is 0.812. The summed E-state index contributed by atoms with van der Waals surface area (Å²) in [5.74, 6) is -1.02. The van der Waals surface area contributed by atoms with Gasteiger partial charge < -0.3 is 25.1 Å². The van der Waals surface area contributed by atoms with Gasteiger partial charge in [-0.05, 0) is 29.8 Å². The monoisotopic (exact) mass is 331 g/mol. The van der Waals surface area contributed by atoms with Crippen LogP contribution in [0.25, 0.3) is 0 Å². The van der Waals surface area contributed by atoms with Gasteiger partial charge in [0.1, 0.15) is 5.76 Å². The third kappa shape index (κ3) is 4.85. The zero-order chi connectivity index (χ0) is 17.5. The average Bonchev–Trinajstić information content (AvgIpc) is 3.10. The third-order valence-corrected chi connectivity index (χ3v) is 3.46. The third-order valence-electron chi connectivity index (χ3n) is 3.46. The first kappa shape index (κ1) is 17.6. The number of rotatable bonds is 6. The molecule has 0 saturated heterocycles. The molecule has 0 unspecified atom stereocenters. The maximum atomic E-state index is 11.7. The second-order valence-electron chi connectivity index (χ2n) is 5.47. The highest BCUT2D eigenvalue weighted by Crippen LogP contribution is 2.17. The molecule has 0 fully saturated rings. The molecule has 0 radical (unpaired) electrons. The van der Waals surface area contributed by atoms with Gasteiger partial charge in [-0.3, -0.25) is 9.59 Å². The summed E-state index contributed by atoms with van der Waals surface area (Å²) in [5.41, 5.74) is 1.67. The molecular formula is C17H21N3O4. The van der Waals surface area contributed by atoms with Gasteiger partial charge in [0.2, 0.25) is 0 Å². The highest BCUT2D eigenvalue weighted by atomic mass is 16.3. The van der Waals surface area contributed by atoms with E-state index in [2.05, 4.69) is 10.6 Å². The fourth-order valence-electron chi connectivity index (χ4n) is 2.04. The van der Waals surface area contributed by atoms with Crippen LogP contribution in [0.4, 0.5) is 5.69 Å². The van der Waals surface area contributed by atoms with Crippen molar-refractivity contribution in [1.29, 1.82) is 0 Å². The number of aliphatic hydroxyl groups excluding tert-OH is 1. The van der Waals surface area contributed by atoms with Crippen molar-refractivity contribution in [2.75, 3.05) is 25.5 Å². The Balaban J connectivity index is 1.78. The lowest BCUT2D eigenvalue weighted by Gasteiger charge is -2.15. The van der Waals surface area contributed by atoms with Crippen LogP contribution in [-0.2, 0) is 16.1 Å². The fraction of sp³-hybridized carbons (Fsp3) is 0.294. The van der Waals surface area contributed by atoms with Crippen LogP contribution in [-0.4, -0.2) is 37.6 Å². The number of aliphatic hydroxyl groups is 1. The molecule has 2 aromatic rings. The number of anilines is 1. The molecule has 0 aliphatic carbocycles. The van der Waals surface area contributed by atoms with E-state index >= 15 is 0 Å². The topological polar surface area (TPSA) is 94.8 Å². The number of nitrogens with one attached hydrogen (secondary N) is 2. The first-order valence-electron chi connectivity index (χ1n) is 7.51. The summed E-state index contributed by atoms with van der Waals surface area (Å²) in [5, 5.41) is 14.9. The van der Waals surface area contributed by atoms with Crippen LogP contribution < -0.4 is 15.5 Å². The molecule has 1 atom stereocenters. The summed E-state index contributed by atoms with van der Waals surface area (Å²) in [4.78, 5) is 25.3. The van der Waals surface area contributed by atoms with E-state index in [1.165, 1.54) is 6.26 Å². The quantitative estimate of drug-likeness (QED) is 0.681. The number of hydrogen-bond acceptors (Lipinski definition) is 5. The highest BCUT2D eigenvalue weighted by Gasteiger charge is 2.16. The van der Waals surface area contributed by atoms with Gasteiger partial charge in [-0.2, -0.15) is 0 Å². The van der Waals surface area contributed by atoms with Gasteiger partial charge >= 0.3 is 11.8 Å². The molecule has 7 heteroatoms. The van der Waals surface area contributed by atoms with Crippen molar-refractivity contribution < 1.29 is 19.1 Å². The summed E-state index contributed by atoms with van der Waals surface area (Å²) in [6.07, 6.45) is 0.600. The van der Waals surface area contributed by atoms with Gasteiger partial charge in [0.05, 0.1) is 18.9 Å². The molecule has 0 spiro atoms. The maximum Gasteiger partial charge on any atom is 0.309 e. The molecule has 128 valence electrons. The van der Waals surface area contributed by atoms with Crippen molar-refractivity contribution >= 4 is 17.5 Å². The summed E-state index contributed by atoms with van der Waals surface area (Å²) in [7, 11) is 3.85. The van der Waals surface area contributed by atoms with Crippen molar-refractivity contribution in [2.24, 2.45) is 0 Å². The van der Waals surface area contributed by atoms with Gasteiger partial charge in [0.25, 0.3) is 0 Å². The van der Waals surface area contributed by atoms with E-state index in [4.69, 9.17) is 4.42 Å². The van der Waals surface area contributed by atoms with E-state index < -0.39 is 17.9 Å². The van der Waals surface area contributed by atoms with Crippen molar-refractivity contribution in [3.63, 3.8) is 0 Å². The largest absolute Gasteiger partial charge is 0.467 e. The Bertz CT molecular complexity index is 666. The molecule has 0 bridgehead atoms. The van der Waals surface area contributed by atoms with Crippen molar-refractivity contribution in [3.8, 4) is 0 Å². The minimum Gasteiger partial charge on any atom is -0.467 e. The molecule has 2 amide bonds. The van der Waals surface area contributed by atoms with Crippen LogP contribution in [0, 0.1) is 0 Å². The number of nitrogens with zero attached hydrogens (tertiary/aromatic N) is 1. The van der Waals surface area contributed by atoms with E-state index in [0.717, 1.165) is 5.69 Å². The minimum atomic E-state index is -0.886. The zero-order valence-corrected chi connectivity index (χ0v) is 13.7. The Kier molecular flexibility index (Phi) is 5.97. The Morgan fingerprint density at radius 2 is 1.79 bits per heavy atom. The molecule has 0 aliphatic heterocycles. The molecule has 1 heterocycles. The molecule has 7 nitrogen and oxygen atoms in total. The summed E-state index contributed by atoms with van der Waals surface area (Å²) in [6, 6.07) is 10.7. The van der Waals surface area contributed by atoms with Crippen LogP contribution in [0.15, 0.2) is 47.1 Å².